The van der Waals surface area contributed by atoms with Gasteiger partial charge < -0.3 is 5.73 Å². The van der Waals surface area contributed by atoms with Gasteiger partial charge in [0.25, 0.3) is 0 Å². The first-order valence-corrected chi connectivity index (χ1v) is 7.21. The predicted octanol–water partition coefficient (Wildman–Crippen LogP) is 3.61. The lowest BCUT2D eigenvalue weighted by atomic mass is 10.1. The zero-order valence-corrected chi connectivity index (χ0v) is 13.2. The van der Waals surface area contributed by atoms with Crippen molar-refractivity contribution in [2.45, 2.75) is 19.8 Å². The van der Waals surface area contributed by atoms with Crippen molar-refractivity contribution >= 4 is 40.0 Å². The van der Waals surface area contributed by atoms with E-state index in [1.54, 1.807) is 6.07 Å². The molecule has 3 nitrogen and oxygen atoms in total. The van der Waals surface area contributed by atoms with Crippen LogP contribution in [-0.2, 0) is 12.8 Å². The van der Waals surface area contributed by atoms with Crippen LogP contribution in [0.3, 0.4) is 0 Å². The molecule has 0 fully saturated rings. The van der Waals surface area contributed by atoms with Gasteiger partial charge in [0.1, 0.15) is 17.5 Å². The number of nitrogen functional groups attached to an aromatic ring is 1. The molecule has 1 aromatic heterocycles. The maximum absolute atomic E-state index is 13.0. The summed E-state index contributed by atoms with van der Waals surface area (Å²) in [4.78, 5) is 8.71. The molecule has 0 radical (unpaired) electrons. The molecule has 6 heteroatoms. The summed E-state index contributed by atoms with van der Waals surface area (Å²) >= 11 is 8.13. The average molecular weight is 392 g/mol. The van der Waals surface area contributed by atoms with E-state index >= 15 is 0 Å². The van der Waals surface area contributed by atoms with Gasteiger partial charge >= 0.3 is 0 Å². The number of halogens is 3. The number of nitrogens with zero attached hydrogens (tertiary/aromatic N) is 2. The first-order valence-electron chi connectivity index (χ1n) is 5.76. The molecule has 0 aliphatic heterocycles. The molecule has 0 spiro atoms. The quantitative estimate of drug-likeness (QED) is 0.813. The third-order valence-electron chi connectivity index (χ3n) is 2.69. The fraction of sp³-hybridized carbons (Fsp3) is 0.231. The number of benzene rings is 1. The third kappa shape index (κ3) is 3.33. The van der Waals surface area contributed by atoms with Gasteiger partial charge in [-0.15, -0.1) is 0 Å². The van der Waals surface area contributed by atoms with E-state index in [1.165, 1.54) is 12.1 Å². The Balaban J connectivity index is 2.35. The molecule has 0 bridgehead atoms. The molecule has 0 aliphatic carbocycles. The summed E-state index contributed by atoms with van der Waals surface area (Å²) in [6.07, 6.45) is 1.22. The van der Waals surface area contributed by atoms with Crippen molar-refractivity contribution in [3.63, 3.8) is 0 Å². The summed E-state index contributed by atoms with van der Waals surface area (Å²) in [5.41, 5.74) is 7.56. The van der Waals surface area contributed by atoms with Gasteiger partial charge in [0.2, 0.25) is 0 Å². The number of hydrogen-bond acceptors (Lipinski definition) is 3. The van der Waals surface area contributed by atoms with Crippen LogP contribution >= 0.6 is 34.2 Å². The molecule has 0 atom stereocenters. The van der Waals surface area contributed by atoms with Crippen LogP contribution in [0.15, 0.2) is 18.2 Å². The average Bonchev–Trinajstić information content (AvgIpc) is 2.37. The Bertz CT molecular complexity index is 619. The fourth-order valence-corrected chi connectivity index (χ4v) is 2.57. The lowest BCUT2D eigenvalue weighted by molar-refractivity contribution is 0.627. The first-order chi connectivity index (χ1) is 9.01. The third-order valence-corrected chi connectivity index (χ3v) is 4.22. The van der Waals surface area contributed by atoms with Gasteiger partial charge in [-0.05, 0) is 46.7 Å². The molecule has 19 heavy (non-hydrogen) atoms. The highest BCUT2D eigenvalue weighted by molar-refractivity contribution is 14.1. The molecule has 2 N–H and O–H groups in total. The predicted molar refractivity (Wildman–Crippen MR) is 82.8 cm³/mol. The summed E-state index contributed by atoms with van der Waals surface area (Å²) in [5, 5.41) is 0.374. The van der Waals surface area contributed by atoms with E-state index in [0.717, 1.165) is 21.2 Å². The second-order valence-corrected chi connectivity index (χ2v) is 5.54. The number of nitrogens with two attached hydrogens (primary N) is 1. The van der Waals surface area contributed by atoms with E-state index in [-0.39, 0.29) is 5.82 Å². The van der Waals surface area contributed by atoms with Crippen LogP contribution < -0.4 is 5.73 Å². The molecule has 1 heterocycles. The van der Waals surface area contributed by atoms with Crippen molar-refractivity contribution in [2.24, 2.45) is 0 Å². The van der Waals surface area contributed by atoms with Crippen molar-refractivity contribution in [3.05, 3.63) is 49.7 Å². The summed E-state index contributed by atoms with van der Waals surface area (Å²) in [7, 11) is 0. The zero-order chi connectivity index (χ0) is 14.0. The second-order valence-electron chi connectivity index (χ2n) is 4.05. The summed E-state index contributed by atoms with van der Waals surface area (Å²) < 4.78 is 13.9. The van der Waals surface area contributed by atoms with E-state index in [1.807, 2.05) is 6.92 Å². The molecule has 0 amide bonds. The van der Waals surface area contributed by atoms with Crippen LogP contribution in [0.4, 0.5) is 10.2 Å². The standard InChI is InChI=1S/C13H12ClFIN3/c1-2-10-12(16)13(17)19-11(18-10)5-7-3-4-8(15)6-9(7)14/h3-4,6H,2,5H2,1H3,(H2,17,18,19). The van der Waals surface area contributed by atoms with Crippen molar-refractivity contribution in [1.29, 1.82) is 0 Å². The van der Waals surface area contributed by atoms with E-state index in [0.29, 0.717) is 23.1 Å². The Labute approximate surface area is 129 Å². The number of aryl methyl sites for hydroxylation is 1. The monoisotopic (exact) mass is 391 g/mol. The van der Waals surface area contributed by atoms with Crippen LogP contribution in [0.2, 0.25) is 5.02 Å². The first kappa shape index (κ1) is 14.5. The van der Waals surface area contributed by atoms with E-state index < -0.39 is 0 Å². The Kier molecular flexibility index (Phi) is 4.57. The van der Waals surface area contributed by atoms with E-state index in [9.17, 15) is 4.39 Å². The number of rotatable bonds is 3. The Morgan fingerprint density at radius 1 is 1.37 bits per heavy atom. The largest absolute Gasteiger partial charge is 0.383 e. The minimum absolute atomic E-state index is 0.356. The molecule has 0 saturated carbocycles. The maximum Gasteiger partial charge on any atom is 0.140 e. The van der Waals surface area contributed by atoms with E-state index in [4.69, 9.17) is 17.3 Å². The SMILES string of the molecule is CCc1nc(Cc2ccc(F)cc2Cl)nc(N)c1I. The van der Waals surface area contributed by atoms with Gasteiger partial charge in [-0.3, -0.25) is 0 Å². The van der Waals surface area contributed by atoms with Crippen LogP contribution in [0.5, 0.6) is 0 Å². The van der Waals surface area contributed by atoms with Crippen molar-refractivity contribution in [3.8, 4) is 0 Å². The van der Waals surface area contributed by atoms with Gasteiger partial charge in [-0.2, -0.15) is 0 Å². The molecule has 2 rings (SSSR count). The fourth-order valence-electron chi connectivity index (χ4n) is 1.71. The Morgan fingerprint density at radius 3 is 2.74 bits per heavy atom. The molecular weight excluding hydrogens is 380 g/mol. The second kappa shape index (κ2) is 6.00. The van der Waals surface area contributed by atoms with Crippen LogP contribution in [0, 0.1) is 9.39 Å². The molecule has 0 unspecified atom stereocenters. The smallest absolute Gasteiger partial charge is 0.140 e. The molecule has 0 saturated heterocycles. The highest BCUT2D eigenvalue weighted by Crippen LogP contribution is 2.22. The lowest BCUT2D eigenvalue weighted by Crippen LogP contribution is -2.07. The van der Waals surface area contributed by atoms with Crippen molar-refractivity contribution in [2.75, 3.05) is 5.73 Å². The summed E-state index contributed by atoms with van der Waals surface area (Å²) in [6.45, 7) is 2.01. The normalized spacial score (nSPS) is 10.7. The topological polar surface area (TPSA) is 51.8 Å². The summed E-state index contributed by atoms with van der Waals surface area (Å²) in [6, 6.07) is 4.30. The van der Waals surface area contributed by atoms with E-state index in [2.05, 4.69) is 32.6 Å². The van der Waals surface area contributed by atoms with Crippen molar-refractivity contribution < 1.29 is 4.39 Å². The molecular formula is C13H12ClFIN3. The van der Waals surface area contributed by atoms with Gasteiger partial charge in [-0.25, -0.2) is 14.4 Å². The highest BCUT2D eigenvalue weighted by atomic mass is 127. The molecule has 0 aliphatic rings. The number of anilines is 1. The van der Waals surface area contributed by atoms with Gasteiger partial charge in [0.05, 0.1) is 9.26 Å². The zero-order valence-electron chi connectivity index (χ0n) is 10.3. The lowest BCUT2D eigenvalue weighted by Gasteiger charge is -2.08. The van der Waals surface area contributed by atoms with Crippen LogP contribution in [0.1, 0.15) is 24.0 Å². The Morgan fingerprint density at radius 2 is 2.11 bits per heavy atom. The van der Waals surface area contributed by atoms with Crippen molar-refractivity contribution in [1.82, 2.24) is 9.97 Å². The highest BCUT2D eigenvalue weighted by Gasteiger charge is 2.11. The Hall–Kier alpha value is -0.950. The van der Waals surface area contributed by atoms with Crippen LogP contribution in [-0.4, -0.2) is 9.97 Å². The minimum atomic E-state index is -0.356. The van der Waals surface area contributed by atoms with Gasteiger partial charge in [0.15, 0.2) is 0 Å². The molecule has 2 aromatic rings. The number of hydrogen-bond donors (Lipinski definition) is 1. The summed E-state index contributed by atoms with van der Waals surface area (Å²) in [5.74, 6) is 0.718. The molecule has 1 aromatic carbocycles. The number of aromatic nitrogens is 2. The molecule has 100 valence electrons. The van der Waals surface area contributed by atoms with Crippen LogP contribution in [0.25, 0.3) is 0 Å². The maximum atomic E-state index is 13.0. The van der Waals surface area contributed by atoms with Gasteiger partial charge in [0, 0.05) is 11.4 Å². The van der Waals surface area contributed by atoms with Gasteiger partial charge in [-0.1, -0.05) is 24.6 Å². The minimum Gasteiger partial charge on any atom is -0.383 e.